The highest BCUT2D eigenvalue weighted by molar-refractivity contribution is 5.79. The van der Waals surface area contributed by atoms with Crippen LogP contribution in [0.2, 0.25) is 0 Å². The molecule has 1 aromatic carbocycles. The Labute approximate surface area is 173 Å². The Morgan fingerprint density at radius 1 is 1.28 bits per heavy atom. The van der Waals surface area contributed by atoms with Crippen LogP contribution in [-0.2, 0) is 16.0 Å². The number of nitrogens with one attached hydrogen (secondary N) is 2. The van der Waals surface area contributed by atoms with Crippen molar-refractivity contribution in [3.8, 4) is 0 Å². The van der Waals surface area contributed by atoms with Crippen molar-refractivity contribution in [1.82, 2.24) is 20.2 Å². The lowest BCUT2D eigenvalue weighted by Crippen LogP contribution is -2.39. The summed E-state index contributed by atoms with van der Waals surface area (Å²) in [5, 5.41) is 6.75. The van der Waals surface area contributed by atoms with Crippen molar-refractivity contribution < 1.29 is 9.47 Å². The molecule has 1 fully saturated rings. The van der Waals surface area contributed by atoms with Gasteiger partial charge in [0.2, 0.25) is 0 Å². The second-order valence-corrected chi connectivity index (χ2v) is 7.47. The Hall–Kier alpha value is -2.12. The van der Waals surface area contributed by atoms with E-state index in [4.69, 9.17) is 9.47 Å². The lowest BCUT2D eigenvalue weighted by molar-refractivity contribution is 0.0205. The smallest absolute Gasteiger partial charge is 0.191 e. The van der Waals surface area contributed by atoms with Gasteiger partial charge in [-0.2, -0.15) is 0 Å². The molecule has 0 bridgehead atoms. The Bertz CT molecular complexity index is 768. The van der Waals surface area contributed by atoms with Gasteiger partial charge in [-0.1, -0.05) is 12.1 Å². The molecule has 3 rings (SSSR count). The number of benzene rings is 1. The van der Waals surface area contributed by atoms with E-state index >= 15 is 0 Å². The van der Waals surface area contributed by atoms with Gasteiger partial charge in [0.25, 0.3) is 0 Å². The predicted molar refractivity (Wildman–Crippen MR) is 117 cm³/mol. The molecule has 7 heteroatoms. The van der Waals surface area contributed by atoms with Gasteiger partial charge in [0, 0.05) is 52.6 Å². The number of para-hydroxylation sites is 2. The van der Waals surface area contributed by atoms with E-state index in [1.54, 1.807) is 0 Å². The summed E-state index contributed by atoms with van der Waals surface area (Å²) in [4.78, 5) is 9.30. The van der Waals surface area contributed by atoms with E-state index in [1.165, 1.54) is 5.52 Å². The number of nitrogens with zero attached hydrogens (tertiary/aromatic N) is 3. The topological polar surface area (TPSA) is 72.7 Å². The molecular formula is C22H35N5O2. The standard InChI is InChI=1S/C22H35N5O2/c1-3-23-22(24-11-6-14-29-17-19-9-15-28-16-10-19)25-12-13-27-18(2)26-20-7-4-5-8-21(20)27/h4-5,7-8,19H,3,6,9-17H2,1-2H3,(H2,23,24,25). The first kappa shape index (κ1) is 21.6. The number of guanidine groups is 1. The summed E-state index contributed by atoms with van der Waals surface area (Å²) in [5.74, 6) is 2.56. The minimum Gasteiger partial charge on any atom is -0.381 e. The molecule has 0 aliphatic carbocycles. The average molecular weight is 402 g/mol. The van der Waals surface area contributed by atoms with E-state index < -0.39 is 0 Å². The molecule has 0 saturated carbocycles. The number of aliphatic imine (C=N–C) groups is 1. The molecule has 29 heavy (non-hydrogen) atoms. The van der Waals surface area contributed by atoms with Gasteiger partial charge < -0.3 is 24.7 Å². The normalized spacial score (nSPS) is 15.7. The predicted octanol–water partition coefficient (Wildman–Crippen LogP) is 2.73. The van der Waals surface area contributed by atoms with Crippen LogP contribution < -0.4 is 10.6 Å². The van der Waals surface area contributed by atoms with Gasteiger partial charge in [-0.25, -0.2) is 4.98 Å². The zero-order chi connectivity index (χ0) is 20.3. The number of ether oxygens (including phenoxy) is 2. The maximum Gasteiger partial charge on any atom is 0.191 e. The zero-order valence-electron chi connectivity index (χ0n) is 17.8. The van der Waals surface area contributed by atoms with Crippen LogP contribution in [0.25, 0.3) is 11.0 Å². The maximum atomic E-state index is 5.82. The first-order valence-corrected chi connectivity index (χ1v) is 10.9. The number of imidazole rings is 1. The van der Waals surface area contributed by atoms with Gasteiger partial charge >= 0.3 is 0 Å². The molecule has 7 nitrogen and oxygen atoms in total. The number of aryl methyl sites for hydroxylation is 1. The Morgan fingerprint density at radius 2 is 2.10 bits per heavy atom. The third-order valence-electron chi connectivity index (χ3n) is 5.23. The number of rotatable bonds is 10. The summed E-state index contributed by atoms with van der Waals surface area (Å²) in [6.45, 7) is 10.8. The van der Waals surface area contributed by atoms with E-state index in [0.717, 1.165) is 89.2 Å². The maximum absolute atomic E-state index is 5.82. The first-order valence-electron chi connectivity index (χ1n) is 10.9. The van der Waals surface area contributed by atoms with Crippen LogP contribution in [-0.4, -0.2) is 61.6 Å². The highest BCUT2D eigenvalue weighted by Gasteiger charge is 2.13. The van der Waals surface area contributed by atoms with E-state index in [-0.39, 0.29) is 0 Å². The van der Waals surface area contributed by atoms with Crippen molar-refractivity contribution in [3.05, 3.63) is 30.1 Å². The Morgan fingerprint density at radius 3 is 2.93 bits per heavy atom. The zero-order valence-corrected chi connectivity index (χ0v) is 17.8. The second-order valence-electron chi connectivity index (χ2n) is 7.47. The first-order chi connectivity index (χ1) is 14.3. The number of aromatic nitrogens is 2. The van der Waals surface area contributed by atoms with Crippen molar-refractivity contribution in [2.75, 3.05) is 46.1 Å². The molecule has 0 spiro atoms. The van der Waals surface area contributed by atoms with Crippen LogP contribution in [0.4, 0.5) is 0 Å². The SMILES string of the molecule is CCNC(=NCCCOCC1CCOCC1)NCCn1c(C)nc2ccccc21. The van der Waals surface area contributed by atoms with Crippen LogP contribution >= 0.6 is 0 Å². The van der Waals surface area contributed by atoms with E-state index in [9.17, 15) is 0 Å². The van der Waals surface area contributed by atoms with Gasteiger partial charge in [0.05, 0.1) is 11.0 Å². The summed E-state index contributed by atoms with van der Waals surface area (Å²) in [7, 11) is 0. The summed E-state index contributed by atoms with van der Waals surface area (Å²) in [6, 6.07) is 8.26. The van der Waals surface area contributed by atoms with Crippen LogP contribution in [0.15, 0.2) is 29.3 Å². The van der Waals surface area contributed by atoms with E-state index in [0.29, 0.717) is 5.92 Å². The van der Waals surface area contributed by atoms with Crippen molar-refractivity contribution >= 4 is 17.0 Å². The highest BCUT2D eigenvalue weighted by Crippen LogP contribution is 2.15. The van der Waals surface area contributed by atoms with Gasteiger partial charge in [-0.15, -0.1) is 0 Å². The largest absolute Gasteiger partial charge is 0.381 e. The quantitative estimate of drug-likeness (QED) is 0.364. The molecule has 1 aliphatic heterocycles. The molecule has 0 unspecified atom stereocenters. The Balaban J connectivity index is 1.38. The van der Waals surface area contributed by atoms with Crippen LogP contribution in [0.3, 0.4) is 0 Å². The molecule has 1 saturated heterocycles. The summed E-state index contributed by atoms with van der Waals surface area (Å²) in [5.41, 5.74) is 2.22. The number of hydrogen-bond donors (Lipinski definition) is 2. The second kappa shape index (κ2) is 11.8. The van der Waals surface area contributed by atoms with E-state index in [2.05, 4.69) is 57.2 Å². The fraction of sp³-hybridized carbons (Fsp3) is 0.636. The fourth-order valence-corrected chi connectivity index (χ4v) is 3.63. The molecule has 2 aromatic rings. The van der Waals surface area contributed by atoms with Crippen LogP contribution in [0.5, 0.6) is 0 Å². The number of fused-ring (bicyclic) bond motifs is 1. The van der Waals surface area contributed by atoms with Crippen LogP contribution in [0, 0.1) is 12.8 Å². The fourth-order valence-electron chi connectivity index (χ4n) is 3.63. The van der Waals surface area contributed by atoms with Gasteiger partial charge in [-0.3, -0.25) is 4.99 Å². The highest BCUT2D eigenvalue weighted by atomic mass is 16.5. The van der Waals surface area contributed by atoms with E-state index in [1.807, 2.05) is 6.07 Å². The van der Waals surface area contributed by atoms with Crippen LogP contribution in [0.1, 0.15) is 32.0 Å². The monoisotopic (exact) mass is 401 g/mol. The third-order valence-corrected chi connectivity index (χ3v) is 5.23. The number of hydrogen-bond acceptors (Lipinski definition) is 4. The molecule has 0 amide bonds. The van der Waals surface area contributed by atoms with Crippen molar-refractivity contribution in [1.29, 1.82) is 0 Å². The molecule has 1 aliphatic rings. The van der Waals surface area contributed by atoms with Crippen molar-refractivity contribution in [3.63, 3.8) is 0 Å². The molecule has 160 valence electrons. The summed E-state index contributed by atoms with van der Waals surface area (Å²) < 4.78 is 13.5. The molecule has 2 heterocycles. The minimum atomic E-state index is 0.661. The third kappa shape index (κ3) is 6.72. The minimum absolute atomic E-state index is 0.661. The lowest BCUT2D eigenvalue weighted by atomic mass is 10.0. The molecule has 0 radical (unpaired) electrons. The van der Waals surface area contributed by atoms with Crippen molar-refractivity contribution in [2.45, 2.75) is 39.7 Å². The molecule has 2 N–H and O–H groups in total. The lowest BCUT2D eigenvalue weighted by Gasteiger charge is -2.21. The Kier molecular flexibility index (Phi) is 8.77. The van der Waals surface area contributed by atoms with Gasteiger partial charge in [0.15, 0.2) is 5.96 Å². The van der Waals surface area contributed by atoms with Crippen molar-refractivity contribution in [2.24, 2.45) is 10.9 Å². The summed E-state index contributed by atoms with van der Waals surface area (Å²) >= 11 is 0. The average Bonchev–Trinajstić information content (AvgIpc) is 3.06. The summed E-state index contributed by atoms with van der Waals surface area (Å²) in [6.07, 6.45) is 3.18. The molecular weight excluding hydrogens is 366 g/mol. The van der Waals surface area contributed by atoms with Gasteiger partial charge in [-0.05, 0) is 51.2 Å². The van der Waals surface area contributed by atoms with Gasteiger partial charge in [0.1, 0.15) is 5.82 Å². The molecule has 1 aromatic heterocycles. The molecule has 0 atom stereocenters.